The molecule has 2 aromatic carbocycles. The Kier molecular flexibility index (Phi) is 6.46. The topological polar surface area (TPSA) is 21.3 Å². The fraction of sp³-hybridized carbons (Fsp3) is 0.478. The Morgan fingerprint density at radius 3 is 2.43 bits per heavy atom. The van der Waals surface area contributed by atoms with Crippen LogP contribution in [-0.2, 0) is 11.3 Å². The molecule has 0 aromatic heterocycles. The Morgan fingerprint density at radius 1 is 1.11 bits per heavy atom. The molecule has 28 heavy (non-hydrogen) atoms. The number of rotatable bonds is 7. The molecule has 0 amide bonds. The minimum Gasteiger partial charge on any atom is -0.376 e. The number of hydrogen-bond donors (Lipinski definition) is 1. The Labute approximate surface area is 165 Å². The Hall–Kier alpha value is -1.85. The molecule has 1 aliphatic heterocycles. The van der Waals surface area contributed by atoms with E-state index in [1.165, 1.54) is 24.3 Å². The maximum atomic E-state index is 15.4. The molecule has 2 aromatic rings. The zero-order valence-electron chi connectivity index (χ0n) is 16.4. The van der Waals surface area contributed by atoms with Crippen LogP contribution in [0.2, 0.25) is 0 Å². The van der Waals surface area contributed by atoms with Crippen LogP contribution in [0.1, 0.15) is 43.7 Å². The lowest BCUT2D eigenvalue weighted by molar-refractivity contribution is -0.109. The highest BCUT2D eigenvalue weighted by Gasteiger charge is 2.47. The third-order valence-corrected chi connectivity index (χ3v) is 5.42. The summed E-state index contributed by atoms with van der Waals surface area (Å²) in [6.07, 6.45) is 1.11. The van der Waals surface area contributed by atoms with Crippen molar-refractivity contribution in [1.29, 1.82) is 0 Å². The summed E-state index contributed by atoms with van der Waals surface area (Å²) in [5, 5.41) is 2.91. The van der Waals surface area contributed by atoms with Crippen LogP contribution in [-0.4, -0.2) is 24.7 Å². The van der Waals surface area contributed by atoms with E-state index in [1.54, 1.807) is 0 Å². The smallest absolute Gasteiger partial charge is 0.267 e. The van der Waals surface area contributed by atoms with Crippen LogP contribution in [0, 0.1) is 11.7 Å². The molecule has 0 saturated carbocycles. The van der Waals surface area contributed by atoms with E-state index in [2.05, 4.69) is 5.32 Å². The third-order valence-electron chi connectivity index (χ3n) is 5.42. The second kappa shape index (κ2) is 8.66. The van der Waals surface area contributed by atoms with Crippen LogP contribution in [0.4, 0.5) is 13.2 Å². The molecule has 0 unspecified atom stereocenters. The molecule has 1 aliphatic rings. The third kappa shape index (κ3) is 5.36. The van der Waals surface area contributed by atoms with Gasteiger partial charge in [-0.15, -0.1) is 0 Å². The predicted octanol–water partition coefficient (Wildman–Crippen LogP) is 5.54. The van der Waals surface area contributed by atoms with Gasteiger partial charge >= 0.3 is 0 Å². The first-order valence-corrected chi connectivity index (χ1v) is 9.79. The van der Waals surface area contributed by atoms with Crippen molar-refractivity contribution < 1.29 is 17.9 Å². The van der Waals surface area contributed by atoms with Crippen LogP contribution in [0.3, 0.4) is 0 Å². The van der Waals surface area contributed by atoms with Gasteiger partial charge in [-0.1, -0.05) is 42.5 Å². The van der Waals surface area contributed by atoms with Crippen LogP contribution >= 0.6 is 0 Å². The van der Waals surface area contributed by atoms with Crippen LogP contribution in [0.25, 0.3) is 0 Å². The number of ether oxygens (including phenoxy) is 1. The van der Waals surface area contributed by atoms with Gasteiger partial charge in [-0.3, -0.25) is 0 Å². The second-order valence-electron chi connectivity index (χ2n) is 8.24. The van der Waals surface area contributed by atoms with Gasteiger partial charge in [-0.05, 0) is 55.9 Å². The molecular formula is C23H28F3NO. The van der Waals surface area contributed by atoms with E-state index in [-0.39, 0.29) is 5.92 Å². The fourth-order valence-electron chi connectivity index (χ4n) is 4.17. The van der Waals surface area contributed by atoms with E-state index in [1.807, 2.05) is 44.2 Å². The molecule has 1 saturated heterocycles. The van der Waals surface area contributed by atoms with Gasteiger partial charge in [0.1, 0.15) is 5.82 Å². The van der Waals surface area contributed by atoms with Gasteiger partial charge in [0.2, 0.25) is 0 Å². The Balaban J connectivity index is 1.79. The zero-order valence-corrected chi connectivity index (χ0v) is 16.4. The molecule has 0 radical (unpaired) electrons. The predicted molar refractivity (Wildman–Crippen MR) is 105 cm³/mol. The van der Waals surface area contributed by atoms with Crippen LogP contribution in [0.15, 0.2) is 54.6 Å². The van der Waals surface area contributed by atoms with Crippen molar-refractivity contribution in [2.24, 2.45) is 5.92 Å². The normalized spacial score (nSPS) is 20.7. The van der Waals surface area contributed by atoms with Crippen LogP contribution < -0.4 is 5.32 Å². The summed E-state index contributed by atoms with van der Waals surface area (Å²) in [7, 11) is 0. The molecule has 0 aliphatic carbocycles. The molecule has 2 atom stereocenters. The van der Waals surface area contributed by atoms with Crippen molar-refractivity contribution in [3.05, 3.63) is 71.5 Å². The number of halogens is 3. The first-order chi connectivity index (χ1) is 13.3. The summed E-state index contributed by atoms with van der Waals surface area (Å²) in [6.45, 7) is 4.29. The highest BCUT2D eigenvalue weighted by atomic mass is 19.3. The van der Waals surface area contributed by atoms with Crippen molar-refractivity contribution in [1.82, 2.24) is 5.32 Å². The molecule has 5 heteroatoms. The zero-order chi connectivity index (χ0) is 20.2. The van der Waals surface area contributed by atoms with Crippen molar-refractivity contribution in [2.45, 2.75) is 50.7 Å². The molecule has 0 spiro atoms. The first kappa shape index (κ1) is 20.9. The van der Waals surface area contributed by atoms with E-state index in [0.717, 1.165) is 5.56 Å². The quantitative estimate of drug-likeness (QED) is 0.669. The van der Waals surface area contributed by atoms with E-state index in [9.17, 15) is 4.39 Å². The number of hydrogen-bond acceptors (Lipinski definition) is 2. The first-order valence-electron chi connectivity index (χ1n) is 9.79. The highest BCUT2D eigenvalue weighted by Crippen LogP contribution is 2.46. The summed E-state index contributed by atoms with van der Waals surface area (Å²) in [4.78, 5) is 0. The van der Waals surface area contributed by atoms with Gasteiger partial charge in [0.25, 0.3) is 5.92 Å². The van der Waals surface area contributed by atoms with Gasteiger partial charge in [0.15, 0.2) is 0 Å². The van der Waals surface area contributed by atoms with E-state index >= 15 is 8.78 Å². The highest BCUT2D eigenvalue weighted by molar-refractivity contribution is 5.24. The van der Waals surface area contributed by atoms with Gasteiger partial charge in [-0.2, -0.15) is 0 Å². The van der Waals surface area contributed by atoms with Gasteiger partial charge in [0.05, 0.1) is 18.1 Å². The lowest BCUT2D eigenvalue weighted by Gasteiger charge is -2.42. The molecule has 2 nitrogen and oxygen atoms in total. The van der Waals surface area contributed by atoms with Crippen molar-refractivity contribution in [2.75, 3.05) is 13.2 Å². The van der Waals surface area contributed by atoms with Crippen molar-refractivity contribution in [3.8, 4) is 0 Å². The van der Waals surface area contributed by atoms with E-state index < -0.39 is 29.8 Å². The summed E-state index contributed by atoms with van der Waals surface area (Å²) in [6, 6.07) is 15.0. The molecule has 1 heterocycles. The van der Waals surface area contributed by atoms with Crippen molar-refractivity contribution >= 4 is 0 Å². The van der Waals surface area contributed by atoms with Crippen molar-refractivity contribution in [3.63, 3.8) is 0 Å². The summed E-state index contributed by atoms with van der Waals surface area (Å²) >= 11 is 0. The lowest BCUT2D eigenvalue weighted by atomic mass is 9.73. The Morgan fingerprint density at radius 2 is 1.79 bits per heavy atom. The summed E-state index contributed by atoms with van der Waals surface area (Å²) < 4.78 is 49.9. The minimum atomic E-state index is -2.97. The van der Waals surface area contributed by atoms with E-state index in [4.69, 9.17) is 4.74 Å². The second-order valence-corrected chi connectivity index (χ2v) is 8.24. The van der Waals surface area contributed by atoms with Crippen LogP contribution in [0.5, 0.6) is 0 Å². The summed E-state index contributed by atoms with van der Waals surface area (Å²) in [5.74, 6) is -4.60. The molecule has 3 rings (SSSR count). The fourth-order valence-corrected chi connectivity index (χ4v) is 4.17. The van der Waals surface area contributed by atoms with Gasteiger partial charge in [-0.25, -0.2) is 13.2 Å². The number of alkyl halides is 2. The summed E-state index contributed by atoms with van der Waals surface area (Å²) in [5.41, 5.74) is 1.01. The number of benzene rings is 2. The van der Waals surface area contributed by atoms with Gasteiger partial charge in [0, 0.05) is 13.2 Å². The lowest BCUT2D eigenvalue weighted by Crippen LogP contribution is -2.45. The SMILES string of the molecule is CC1(C)C[C@H]([C@@H](c2ccc(F)cc2)C(F)(F)CNCc2ccccc2)CCO1. The standard InChI is InChI=1S/C23H28F3NO/c1-22(2)14-19(12-13-28-22)21(18-8-10-20(24)11-9-18)23(25,26)16-27-15-17-6-4-3-5-7-17/h3-11,19,21,27H,12-16H2,1-2H3/t19-,21-/m1/s1. The minimum absolute atomic E-state index is 0.234. The largest absolute Gasteiger partial charge is 0.376 e. The van der Waals surface area contributed by atoms with E-state index in [0.29, 0.717) is 31.6 Å². The molecule has 0 bridgehead atoms. The maximum absolute atomic E-state index is 15.4. The molecule has 152 valence electrons. The maximum Gasteiger partial charge on any atom is 0.267 e. The molecular weight excluding hydrogens is 363 g/mol. The monoisotopic (exact) mass is 391 g/mol. The molecule has 1 N–H and O–H groups in total. The van der Waals surface area contributed by atoms with Gasteiger partial charge < -0.3 is 10.1 Å². The average molecular weight is 391 g/mol. The number of nitrogens with one attached hydrogen (secondary N) is 1. The Bertz CT molecular complexity index is 746. The molecule has 1 fully saturated rings. The average Bonchev–Trinajstić information content (AvgIpc) is 2.63.